The van der Waals surface area contributed by atoms with E-state index in [9.17, 15) is 0 Å². The van der Waals surface area contributed by atoms with E-state index in [1.807, 2.05) is 0 Å². The van der Waals surface area contributed by atoms with Gasteiger partial charge >= 0.3 is 0 Å². The van der Waals surface area contributed by atoms with Crippen molar-refractivity contribution in [1.29, 1.82) is 0 Å². The van der Waals surface area contributed by atoms with Crippen molar-refractivity contribution in [3.8, 4) is 0 Å². The van der Waals surface area contributed by atoms with Crippen LogP contribution in [-0.2, 0) is 0 Å². The van der Waals surface area contributed by atoms with Gasteiger partial charge in [-0.05, 0) is 45.7 Å². The second-order valence-electron chi connectivity index (χ2n) is 5.68. The van der Waals surface area contributed by atoms with Crippen LogP contribution in [0.15, 0.2) is 12.4 Å². The number of thiophene rings is 1. The summed E-state index contributed by atoms with van der Waals surface area (Å²) in [6.45, 7) is 2.13. The molecular formula is C15H22N4S. The number of anilines is 1. The molecule has 0 saturated heterocycles. The molecule has 2 aromatic rings. The zero-order valence-corrected chi connectivity index (χ0v) is 13.2. The molecule has 0 amide bonds. The van der Waals surface area contributed by atoms with Crippen molar-refractivity contribution in [2.24, 2.45) is 0 Å². The van der Waals surface area contributed by atoms with Crippen molar-refractivity contribution >= 4 is 27.4 Å². The lowest BCUT2D eigenvalue weighted by Crippen LogP contribution is -2.40. The Hall–Kier alpha value is -1.20. The summed E-state index contributed by atoms with van der Waals surface area (Å²) >= 11 is 1.75. The zero-order chi connectivity index (χ0) is 14.1. The maximum absolute atomic E-state index is 4.54. The quantitative estimate of drug-likeness (QED) is 0.943. The summed E-state index contributed by atoms with van der Waals surface area (Å²) in [5.41, 5.74) is 0. The molecule has 1 aliphatic carbocycles. The molecular weight excluding hydrogens is 268 g/mol. The molecule has 0 atom stereocenters. The fourth-order valence-corrected chi connectivity index (χ4v) is 4.01. The van der Waals surface area contributed by atoms with Gasteiger partial charge in [0, 0.05) is 24.0 Å². The van der Waals surface area contributed by atoms with Crippen LogP contribution >= 0.6 is 11.3 Å². The van der Waals surface area contributed by atoms with Crippen molar-refractivity contribution in [2.45, 2.75) is 44.7 Å². The van der Waals surface area contributed by atoms with E-state index in [0.717, 1.165) is 10.6 Å². The second-order valence-corrected chi connectivity index (χ2v) is 6.91. The molecule has 0 radical (unpaired) electrons. The van der Waals surface area contributed by atoms with Gasteiger partial charge in [-0.15, -0.1) is 11.3 Å². The highest BCUT2D eigenvalue weighted by Gasteiger charge is 2.25. The highest BCUT2D eigenvalue weighted by molar-refractivity contribution is 7.18. The van der Waals surface area contributed by atoms with Crippen LogP contribution in [0.1, 0.15) is 30.6 Å². The number of aromatic nitrogens is 2. The minimum Gasteiger partial charge on any atom is -0.356 e. The molecule has 0 unspecified atom stereocenters. The molecule has 0 aliphatic heterocycles. The summed E-state index contributed by atoms with van der Waals surface area (Å²) in [7, 11) is 4.25. The summed E-state index contributed by atoms with van der Waals surface area (Å²) < 4.78 is 0. The summed E-state index contributed by atoms with van der Waals surface area (Å²) in [4.78, 5) is 13.7. The van der Waals surface area contributed by atoms with E-state index in [4.69, 9.17) is 0 Å². The molecule has 5 heteroatoms. The van der Waals surface area contributed by atoms with Crippen molar-refractivity contribution < 1.29 is 0 Å². The highest BCUT2D eigenvalue weighted by Crippen LogP contribution is 2.32. The summed E-state index contributed by atoms with van der Waals surface area (Å²) in [5, 5.41) is 4.60. The maximum atomic E-state index is 4.54. The van der Waals surface area contributed by atoms with Crippen molar-refractivity contribution in [2.75, 3.05) is 19.0 Å². The van der Waals surface area contributed by atoms with Crippen molar-refractivity contribution in [1.82, 2.24) is 15.3 Å². The van der Waals surface area contributed by atoms with E-state index in [2.05, 4.69) is 47.3 Å². The highest BCUT2D eigenvalue weighted by atomic mass is 32.1. The lowest BCUT2D eigenvalue weighted by atomic mass is 9.90. The van der Waals surface area contributed by atoms with E-state index in [1.54, 1.807) is 17.7 Å². The third-order valence-corrected chi connectivity index (χ3v) is 5.38. The Labute approximate surface area is 124 Å². The van der Waals surface area contributed by atoms with Crippen LogP contribution in [0, 0.1) is 6.92 Å². The molecule has 1 aliphatic rings. The Balaban J connectivity index is 1.84. The summed E-state index contributed by atoms with van der Waals surface area (Å²) in [6, 6.07) is 3.50. The van der Waals surface area contributed by atoms with E-state index < -0.39 is 0 Å². The van der Waals surface area contributed by atoms with Gasteiger partial charge < -0.3 is 10.2 Å². The average molecular weight is 290 g/mol. The number of hydrogen-bond acceptors (Lipinski definition) is 5. The SMILES string of the molecule is CNC1CCC(N(C)c2ncnc3sc(C)cc23)CC1. The second kappa shape index (κ2) is 5.66. The van der Waals surface area contributed by atoms with Crippen LogP contribution in [-0.4, -0.2) is 36.1 Å². The van der Waals surface area contributed by atoms with E-state index in [0.29, 0.717) is 12.1 Å². The van der Waals surface area contributed by atoms with E-state index in [1.165, 1.54) is 35.9 Å². The van der Waals surface area contributed by atoms with E-state index in [-0.39, 0.29) is 0 Å². The molecule has 20 heavy (non-hydrogen) atoms. The van der Waals surface area contributed by atoms with Gasteiger partial charge in [-0.1, -0.05) is 0 Å². The molecule has 2 heterocycles. The van der Waals surface area contributed by atoms with Gasteiger partial charge in [0.1, 0.15) is 17.0 Å². The minimum atomic E-state index is 0.595. The molecule has 1 N–H and O–H groups in total. The topological polar surface area (TPSA) is 41.0 Å². The molecule has 0 spiro atoms. The molecule has 1 fully saturated rings. The lowest BCUT2D eigenvalue weighted by Gasteiger charge is -2.35. The smallest absolute Gasteiger partial charge is 0.140 e. The first-order chi connectivity index (χ1) is 9.69. The minimum absolute atomic E-state index is 0.595. The number of nitrogens with one attached hydrogen (secondary N) is 1. The monoisotopic (exact) mass is 290 g/mol. The molecule has 1 saturated carbocycles. The standard InChI is InChI=1S/C15H22N4S/c1-10-8-13-14(17-9-18-15(13)20-10)19(3)12-6-4-11(16-2)5-7-12/h8-9,11-12,16H,4-7H2,1-3H3. The number of nitrogens with zero attached hydrogens (tertiary/aromatic N) is 3. The first-order valence-electron chi connectivity index (χ1n) is 7.30. The Kier molecular flexibility index (Phi) is 3.89. The number of fused-ring (bicyclic) bond motifs is 1. The molecule has 108 valence electrons. The Morgan fingerprint density at radius 1 is 1.25 bits per heavy atom. The van der Waals surface area contributed by atoms with Gasteiger partial charge in [-0.25, -0.2) is 9.97 Å². The Bertz CT molecular complexity index is 587. The molecule has 0 aromatic carbocycles. The fourth-order valence-electron chi connectivity index (χ4n) is 3.17. The number of hydrogen-bond donors (Lipinski definition) is 1. The van der Waals surface area contributed by atoms with Crippen LogP contribution in [0.4, 0.5) is 5.82 Å². The lowest BCUT2D eigenvalue weighted by molar-refractivity contribution is 0.351. The van der Waals surface area contributed by atoms with Gasteiger partial charge in [-0.3, -0.25) is 0 Å². The van der Waals surface area contributed by atoms with Gasteiger partial charge in [0.25, 0.3) is 0 Å². The third-order valence-electron chi connectivity index (χ3n) is 4.42. The number of rotatable bonds is 3. The Morgan fingerprint density at radius 2 is 2.00 bits per heavy atom. The molecule has 2 aromatic heterocycles. The van der Waals surface area contributed by atoms with Gasteiger partial charge in [-0.2, -0.15) is 0 Å². The predicted octanol–water partition coefficient (Wildman–Crippen LogP) is 2.97. The predicted molar refractivity (Wildman–Crippen MR) is 85.7 cm³/mol. The average Bonchev–Trinajstić information content (AvgIpc) is 2.86. The normalized spacial score (nSPS) is 23.1. The number of aryl methyl sites for hydroxylation is 1. The molecule has 4 nitrogen and oxygen atoms in total. The zero-order valence-electron chi connectivity index (χ0n) is 12.4. The maximum Gasteiger partial charge on any atom is 0.140 e. The fraction of sp³-hybridized carbons (Fsp3) is 0.600. The third kappa shape index (κ3) is 2.52. The Morgan fingerprint density at radius 3 is 2.70 bits per heavy atom. The first-order valence-corrected chi connectivity index (χ1v) is 8.12. The first kappa shape index (κ1) is 13.8. The molecule has 0 bridgehead atoms. The van der Waals surface area contributed by atoms with Crippen LogP contribution in [0.3, 0.4) is 0 Å². The van der Waals surface area contributed by atoms with Crippen molar-refractivity contribution in [3.63, 3.8) is 0 Å². The largest absolute Gasteiger partial charge is 0.356 e. The molecule has 3 rings (SSSR count). The van der Waals surface area contributed by atoms with Crippen LogP contribution in [0.5, 0.6) is 0 Å². The van der Waals surface area contributed by atoms with Gasteiger partial charge in [0.2, 0.25) is 0 Å². The van der Waals surface area contributed by atoms with Gasteiger partial charge in [0.15, 0.2) is 0 Å². The van der Waals surface area contributed by atoms with Gasteiger partial charge in [0.05, 0.1) is 5.39 Å². The van der Waals surface area contributed by atoms with Crippen LogP contribution < -0.4 is 10.2 Å². The summed E-state index contributed by atoms with van der Waals surface area (Å²) in [6.07, 6.45) is 6.67. The van der Waals surface area contributed by atoms with Crippen LogP contribution in [0.25, 0.3) is 10.2 Å². The summed E-state index contributed by atoms with van der Waals surface area (Å²) in [5.74, 6) is 1.09. The van der Waals surface area contributed by atoms with Crippen LogP contribution in [0.2, 0.25) is 0 Å². The van der Waals surface area contributed by atoms with E-state index >= 15 is 0 Å². The van der Waals surface area contributed by atoms with Crippen molar-refractivity contribution in [3.05, 3.63) is 17.3 Å².